The second kappa shape index (κ2) is 8.79. The van der Waals surface area contributed by atoms with Gasteiger partial charge >= 0.3 is 33.6 Å². The van der Waals surface area contributed by atoms with Gasteiger partial charge in [0.05, 0.1) is 0 Å². The van der Waals surface area contributed by atoms with E-state index in [1.807, 2.05) is 0 Å². The zero-order chi connectivity index (χ0) is 9.00. The molecular formula is H12AsO8P3. The van der Waals surface area contributed by atoms with Gasteiger partial charge in [-0.2, -0.15) is 9.90 Å². The molecule has 2 unspecified atom stereocenters. The van der Waals surface area contributed by atoms with Crippen molar-refractivity contribution in [3.05, 3.63) is 0 Å². The molecule has 80 valence electrons. The first-order valence-electron chi connectivity index (χ1n) is 1.57. The summed E-state index contributed by atoms with van der Waals surface area (Å²) in [6, 6.07) is 0. The van der Waals surface area contributed by atoms with Crippen LogP contribution in [0.1, 0.15) is 0 Å². The molecule has 0 aromatic carbocycles. The van der Waals surface area contributed by atoms with E-state index in [1.165, 1.54) is 0 Å². The normalized spacial score (nSPS) is 9.83. The molecule has 0 heterocycles. The molecule has 0 radical (unpaired) electrons. The summed E-state index contributed by atoms with van der Waals surface area (Å²) in [5, 5.41) is 0. The molecule has 0 fully saturated rings. The van der Waals surface area contributed by atoms with Gasteiger partial charge in [0.2, 0.25) is 0 Å². The Balaban J connectivity index is -0.0000000457. The standard InChI is InChI=1S/AsH3.2H3O4P.H3P/c;2*1-5(2,3)4;/h1H3;2*(H3,1,2,3,4);1H3. The predicted octanol–water partition coefficient (Wildman–Crippen LogP) is -2.98. The van der Waals surface area contributed by atoms with Crippen molar-refractivity contribution >= 4 is 43.5 Å². The van der Waals surface area contributed by atoms with Crippen LogP contribution in [0.25, 0.3) is 0 Å². The van der Waals surface area contributed by atoms with Gasteiger partial charge in [0.15, 0.2) is 0 Å². The van der Waals surface area contributed by atoms with Gasteiger partial charge in [-0.1, -0.05) is 0 Å². The van der Waals surface area contributed by atoms with Crippen molar-refractivity contribution in [2.45, 2.75) is 0 Å². The Hall–Kier alpha value is 1.21. The molecule has 0 aliphatic heterocycles. The summed E-state index contributed by atoms with van der Waals surface area (Å²) in [5.41, 5.74) is 0. The summed E-state index contributed by atoms with van der Waals surface area (Å²) in [7, 11) is -9.28. The van der Waals surface area contributed by atoms with E-state index in [-0.39, 0.29) is 27.9 Å². The van der Waals surface area contributed by atoms with Crippen molar-refractivity contribution in [2.24, 2.45) is 0 Å². The summed E-state index contributed by atoms with van der Waals surface area (Å²) in [6.45, 7) is 0. The average molecular weight is 308 g/mol. The summed E-state index contributed by atoms with van der Waals surface area (Å²) >= 11 is 0. The van der Waals surface area contributed by atoms with Gasteiger partial charge in [-0.3, -0.25) is 0 Å². The van der Waals surface area contributed by atoms with E-state index in [0.717, 1.165) is 0 Å². The van der Waals surface area contributed by atoms with Gasteiger partial charge in [0.1, 0.15) is 0 Å². The van der Waals surface area contributed by atoms with Crippen molar-refractivity contribution in [2.75, 3.05) is 0 Å². The van der Waals surface area contributed by atoms with Gasteiger partial charge in [-0.15, -0.1) is 0 Å². The maximum absolute atomic E-state index is 8.88. The molecule has 12 heavy (non-hydrogen) atoms. The molecule has 0 spiro atoms. The Morgan fingerprint density at radius 3 is 0.667 bits per heavy atom. The maximum atomic E-state index is 8.88. The molecule has 0 aliphatic rings. The van der Waals surface area contributed by atoms with E-state index in [0.29, 0.717) is 0 Å². The van der Waals surface area contributed by atoms with Crippen LogP contribution in [0.15, 0.2) is 0 Å². The second-order valence-corrected chi connectivity index (χ2v) is 3.08. The minimum absolute atomic E-state index is 0. The number of hydrogen-bond acceptors (Lipinski definition) is 2. The van der Waals surface area contributed by atoms with Crippen LogP contribution < -0.4 is 0 Å². The van der Waals surface area contributed by atoms with Gasteiger partial charge in [-0.25, -0.2) is 9.13 Å². The van der Waals surface area contributed by atoms with E-state index >= 15 is 0 Å². The fourth-order valence-corrected chi connectivity index (χ4v) is 0. The average Bonchev–Trinajstić information content (AvgIpc) is 1.12. The number of phosphoric acid groups is 2. The Morgan fingerprint density at radius 2 is 0.667 bits per heavy atom. The molecule has 0 bridgehead atoms. The third-order valence-electron chi connectivity index (χ3n) is 0. The van der Waals surface area contributed by atoms with E-state index in [4.69, 9.17) is 38.5 Å². The molecule has 0 saturated heterocycles. The fraction of sp³-hybridized carbons (Fsp3) is 0. The van der Waals surface area contributed by atoms with Crippen LogP contribution in [0.4, 0.5) is 0 Å². The van der Waals surface area contributed by atoms with Gasteiger partial charge < -0.3 is 29.4 Å². The molecule has 0 rings (SSSR count). The topological polar surface area (TPSA) is 156 Å². The Labute approximate surface area is 82.4 Å². The Kier molecular flexibility index (Phi) is 17.0. The monoisotopic (exact) mass is 308 g/mol. The molecule has 2 atom stereocenters. The van der Waals surface area contributed by atoms with Crippen LogP contribution in [0, 0.1) is 0 Å². The molecule has 0 aliphatic carbocycles. The van der Waals surface area contributed by atoms with Crippen molar-refractivity contribution in [3.8, 4) is 0 Å². The molecule has 6 N–H and O–H groups in total. The zero-order valence-electron chi connectivity index (χ0n) is 5.81. The van der Waals surface area contributed by atoms with Gasteiger partial charge in [-0.05, 0) is 0 Å². The van der Waals surface area contributed by atoms with Crippen molar-refractivity contribution in [1.82, 2.24) is 0 Å². The Morgan fingerprint density at radius 1 is 0.667 bits per heavy atom. The summed E-state index contributed by atoms with van der Waals surface area (Å²) in [4.78, 5) is 43.1. The third kappa shape index (κ3) is 800. The molecular weight excluding hydrogens is 296 g/mol. The summed E-state index contributed by atoms with van der Waals surface area (Å²) in [5.74, 6) is 0. The molecule has 0 aromatic heterocycles. The SMILES string of the molecule is O=P(O)(O)O.O=P(O)(O)O.P.[AsH3]. The van der Waals surface area contributed by atoms with E-state index < -0.39 is 15.6 Å². The quantitative estimate of drug-likeness (QED) is 0.204. The van der Waals surface area contributed by atoms with E-state index in [2.05, 4.69) is 0 Å². The molecule has 0 amide bonds. The minimum atomic E-state index is -4.64. The summed E-state index contributed by atoms with van der Waals surface area (Å²) in [6.07, 6.45) is 0. The predicted molar refractivity (Wildman–Crippen MR) is 49.6 cm³/mol. The third-order valence-corrected chi connectivity index (χ3v) is 0. The van der Waals surface area contributed by atoms with Gasteiger partial charge in [0, 0.05) is 0 Å². The van der Waals surface area contributed by atoms with Crippen molar-refractivity contribution in [1.29, 1.82) is 0 Å². The first kappa shape index (κ1) is 23.2. The second-order valence-electron chi connectivity index (χ2n) is 1.03. The molecule has 0 saturated carbocycles. The Bertz CT molecular complexity index is 127. The molecule has 8 nitrogen and oxygen atoms in total. The van der Waals surface area contributed by atoms with Crippen LogP contribution >= 0.6 is 25.5 Å². The zero-order valence-corrected chi connectivity index (χ0v) is 12.0. The van der Waals surface area contributed by atoms with Crippen molar-refractivity contribution < 1.29 is 38.5 Å². The number of hydrogen-bond donors (Lipinski definition) is 6. The molecule has 12 heteroatoms. The molecule has 0 aromatic rings. The first-order chi connectivity index (χ1) is 4.00. The fourth-order valence-electron chi connectivity index (χ4n) is 0. The van der Waals surface area contributed by atoms with E-state index in [1.54, 1.807) is 0 Å². The van der Waals surface area contributed by atoms with Crippen LogP contribution in [-0.2, 0) is 9.13 Å². The summed E-state index contributed by atoms with van der Waals surface area (Å²) < 4.78 is 17.8. The van der Waals surface area contributed by atoms with Crippen LogP contribution in [0.3, 0.4) is 0 Å². The van der Waals surface area contributed by atoms with Crippen molar-refractivity contribution in [3.63, 3.8) is 0 Å². The first-order valence-corrected chi connectivity index (χ1v) is 4.70. The van der Waals surface area contributed by atoms with Crippen LogP contribution in [0.5, 0.6) is 0 Å². The van der Waals surface area contributed by atoms with Gasteiger partial charge in [0.25, 0.3) is 0 Å². The van der Waals surface area contributed by atoms with Crippen LogP contribution in [0.2, 0.25) is 0 Å². The number of rotatable bonds is 0. The van der Waals surface area contributed by atoms with E-state index in [9.17, 15) is 0 Å². The van der Waals surface area contributed by atoms with Crippen LogP contribution in [-0.4, -0.2) is 47.3 Å².